The molecule has 0 fully saturated rings. The van der Waals surface area contributed by atoms with Gasteiger partial charge in [-0.3, -0.25) is 9.59 Å². The largest absolute Gasteiger partial charge is 0.452 e. The SMILES string of the molecule is CC(c1ccccc1)N(C)C(=O)COC(=O)c1ccccc1NC(=O)c1ccsc1. The lowest BCUT2D eigenvalue weighted by molar-refractivity contribution is -0.135. The molecule has 0 aliphatic rings. The number of carbonyl (C=O) groups excluding carboxylic acids is 3. The molecule has 1 atom stereocenters. The molecule has 1 unspecified atom stereocenters. The van der Waals surface area contributed by atoms with Crippen LogP contribution in [-0.4, -0.2) is 36.3 Å². The molecule has 0 aliphatic carbocycles. The monoisotopic (exact) mass is 422 g/mol. The Morgan fingerprint density at radius 1 is 1.03 bits per heavy atom. The number of nitrogens with one attached hydrogen (secondary N) is 1. The zero-order valence-corrected chi connectivity index (χ0v) is 17.5. The van der Waals surface area contributed by atoms with E-state index in [0.29, 0.717) is 11.3 Å². The van der Waals surface area contributed by atoms with E-state index in [1.165, 1.54) is 16.2 Å². The van der Waals surface area contributed by atoms with E-state index in [4.69, 9.17) is 4.74 Å². The van der Waals surface area contributed by atoms with Crippen molar-refractivity contribution in [1.82, 2.24) is 4.90 Å². The minimum Gasteiger partial charge on any atom is -0.452 e. The molecule has 0 saturated carbocycles. The number of anilines is 1. The van der Waals surface area contributed by atoms with Crippen molar-refractivity contribution in [2.45, 2.75) is 13.0 Å². The van der Waals surface area contributed by atoms with Crippen molar-refractivity contribution in [2.75, 3.05) is 19.0 Å². The molecule has 154 valence electrons. The van der Waals surface area contributed by atoms with Crippen LogP contribution in [0.3, 0.4) is 0 Å². The molecule has 2 amide bonds. The number of esters is 1. The fourth-order valence-electron chi connectivity index (χ4n) is 2.84. The molecule has 0 spiro atoms. The van der Waals surface area contributed by atoms with Gasteiger partial charge >= 0.3 is 5.97 Å². The fraction of sp³-hybridized carbons (Fsp3) is 0.174. The van der Waals surface area contributed by atoms with Crippen LogP contribution < -0.4 is 5.32 Å². The van der Waals surface area contributed by atoms with Gasteiger partial charge in [0, 0.05) is 12.4 Å². The highest BCUT2D eigenvalue weighted by Gasteiger charge is 2.21. The molecular weight excluding hydrogens is 400 g/mol. The number of carbonyl (C=O) groups is 3. The average Bonchev–Trinajstić information content (AvgIpc) is 3.32. The van der Waals surface area contributed by atoms with Crippen molar-refractivity contribution >= 4 is 34.8 Å². The van der Waals surface area contributed by atoms with Crippen molar-refractivity contribution < 1.29 is 19.1 Å². The predicted octanol–water partition coefficient (Wildman–Crippen LogP) is 4.38. The van der Waals surface area contributed by atoms with Gasteiger partial charge in [-0.25, -0.2) is 4.79 Å². The zero-order chi connectivity index (χ0) is 21.5. The molecule has 1 aromatic heterocycles. The Morgan fingerprint density at radius 3 is 2.43 bits per heavy atom. The lowest BCUT2D eigenvalue weighted by atomic mass is 10.1. The van der Waals surface area contributed by atoms with Crippen LogP contribution in [0.2, 0.25) is 0 Å². The maximum atomic E-state index is 12.6. The molecule has 1 N–H and O–H groups in total. The first-order chi connectivity index (χ1) is 14.5. The molecule has 6 nitrogen and oxygen atoms in total. The summed E-state index contributed by atoms with van der Waals surface area (Å²) in [7, 11) is 1.67. The summed E-state index contributed by atoms with van der Waals surface area (Å²) in [5.74, 6) is -1.31. The van der Waals surface area contributed by atoms with E-state index >= 15 is 0 Å². The Hall–Kier alpha value is -3.45. The van der Waals surface area contributed by atoms with Gasteiger partial charge in [0.15, 0.2) is 6.61 Å². The second-order valence-electron chi connectivity index (χ2n) is 6.68. The van der Waals surface area contributed by atoms with Crippen LogP contribution in [0.4, 0.5) is 5.69 Å². The van der Waals surface area contributed by atoms with Crippen molar-refractivity contribution in [3.63, 3.8) is 0 Å². The second-order valence-corrected chi connectivity index (χ2v) is 7.46. The first kappa shape index (κ1) is 21.3. The first-order valence-corrected chi connectivity index (χ1v) is 10.3. The molecule has 1 heterocycles. The van der Waals surface area contributed by atoms with Gasteiger partial charge < -0.3 is 15.0 Å². The topological polar surface area (TPSA) is 75.7 Å². The summed E-state index contributed by atoms with van der Waals surface area (Å²) in [6.07, 6.45) is 0. The van der Waals surface area contributed by atoms with Gasteiger partial charge in [0.1, 0.15) is 0 Å². The third-order valence-electron chi connectivity index (χ3n) is 4.76. The quantitative estimate of drug-likeness (QED) is 0.574. The molecular formula is C23H22N2O4S. The van der Waals surface area contributed by atoms with Crippen LogP contribution >= 0.6 is 11.3 Å². The van der Waals surface area contributed by atoms with Crippen molar-refractivity contribution in [3.8, 4) is 0 Å². The summed E-state index contributed by atoms with van der Waals surface area (Å²) in [6, 6.07) is 17.7. The highest BCUT2D eigenvalue weighted by atomic mass is 32.1. The molecule has 30 heavy (non-hydrogen) atoms. The number of ether oxygens (including phenoxy) is 1. The summed E-state index contributed by atoms with van der Waals surface area (Å²) in [5.41, 5.74) is 2.01. The molecule has 0 bridgehead atoms. The number of thiophene rings is 1. The number of likely N-dealkylation sites (N-methyl/N-ethyl adjacent to an activating group) is 1. The number of hydrogen-bond donors (Lipinski definition) is 1. The van der Waals surface area contributed by atoms with Gasteiger partial charge in [-0.15, -0.1) is 0 Å². The van der Waals surface area contributed by atoms with Gasteiger partial charge in [0.25, 0.3) is 11.8 Å². The molecule has 0 saturated heterocycles. The Kier molecular flexibility index (Phi) is 6.98. The van der Waals surface area contributed by atoms with Crippen LogP contribution in [0.25, 0.3) is 0 Å². The zero-order valence-electron chi connectivity index (χ0n) is 16.7. The number of amides is 2. The molecule has 2 aromatic carbocycles. The maximum absolute atomic E-state index is 12.6. The van der Waals surface area contributed by atoms with Crippen molar-refractivity contribution in [3.05, 3.63) is 88.1 Å². The first-order valence-electron chi connectivity index (χ1n) is 9.37. The van der Waals surface area contributed by atoms with E-state index in [-0.39, 0.29) is 30.0 Å². The van der Waals surface area contributed by atoms with Crippen molar-refractivity contribution in [1.29, 1.82) is 0 Å². The van der Waals surface area contributed by atoms with Crippen LogP contribution in [-0.2, 0) is 9.53 Å². The molecule has 3 rings (SSSR count). The standard InChI is InChI=1S/C23H22N2O4S/c1-16(17-8-4-3-5-9-17)25(2)21(26)14-29-23(28)19-10-6-7-11-20(19)24-22(27)18-12-13-30-15-18/h3-13,15-16H,14H2,1-2H3,(H,24,27). The lowest BCUT2D eigenvalue weighted by Gasteiger charge is -2.25. The van der Waals surface area contributed by atoms with Gasteiger partial charge in [-0.1, -0.05) is 42.5 Å². The normalized spacial score (nSPS) is 11.4. The highest BCUT2D eigenvalue weighted by Crippen LogP contribution is 2.20. The Labute approximate surface area is 179 Å². The maximum Gasteiger partial charge on any atom is 0.340 e. The summed E-state index contributed by atoms with van der Waals surface area (Å²) in [4.78, 5) is 38.9. The molecule has 7 heteroatoms. The smallest absolute Gasteiger partial charge is 0.340 e. The van der Waals surface area contributed by atoms with Gasteiger partial charge in [0.2, 0.25) is 0 Å². The number of nitrogens with zero attached hydrogens (tertiary/aromatic N) is 1. The minimum atomic E-state index is -0.676. The molecule has 0 radical (unpaired) electrons. The predicted molar refractivity (Wildman–Crippen MR) is 117 cm³/mol. The second kappa shape index (κ2) is 9.84. The van der Waals surface area contributed by atoms with E-state index in [0.717, 1.165) is 5.56 Å². The van der Waals surface area contributed by atoms with E-state index in [1.807, 2.05) is 37.3 Å². The fourth-order valence-corrected chi connectivity index (χ4v) is 3.47. The average molecular weight is 423 g/mol. The van der Waals surface area contributed by atoms with Crippen LogP contribution in [0.15, 0.2) is 71.4 Å². The summed E-state index contributed by atoms with van der Waals surface area (Å²) >= 11 is 1.41. The Morgan fingerprint density at radius 2 is 1.73 bits per heavy atom. The van der Waals surface area contributed by atoms with Crippen LogP contribution in [0, 0.1) is 0 Å². The third-order valence-corrected chi connectivity index (χ3v) is 5.44. The number of hydrogen-bond acceptors (Lipinski definition) is 5. The van der Waals surface area contributed by atoms with Gasteiger partial charge in [0.05, 0.1) is 22.9 Å². The summed E-state index contributed by atoms with van der Waals surface area (Å²) < 4.78 is 5.23. The van der Waals surface area contributed by atoms with Crippen LogP contribution in [0.1, 0.15) is 39.2 Å². The lowest BCUT2D eigenvalue weighted by Crippen LogP contribution is -2.33. The summed E-state index contributed by atoms with van der Waals surface area (Å²) in [5, 5.41) is 6.24. The van der Waals surface area contributed by atoms with Crippen LogP contribution in [0.5, 0.6) is 0 Å². The Bertz CT molecular complexity index is 1020. The molecule has 0 aliphatic heterocycles. The number of rotatable bonds is 7. The minimum absolute atomic E-state index is 0.158. The van der Waals surface area contributed by atoms with Gasteiger partial charge in [-0.2, -0.15) is 11.3 Å². The van der Waals surface area contributed by atoms with Gasteiger partial charge in [-0.05, 0) is 36.1 Å². The van der Waals surface area contributed by atoms with E-state index < -0.39 is 5.97 Å². The Balaban J connectivity index is 1.62. The van der Waals surface area contributed by atoms with Crippen molar-refractivity contribution in [2.24, 2.45) is 0 Å². The molecule has 3 aromatic rings. The summed E-state index contributed by atoms with van der Waals surface area (Å²) in [6.45, 7) is 1.52. The highest BCUT2D eigenvalue weighted by molar-refractivity contribution is 7.08. The van der Waals surface area contributed by atoms with E-state index in [2.05, 4.69) is 5.32 Å². The van der Waals surface area contributed by atoms with E-state index in [1.54, 1.807) is 48.1 Å². The van der Waals surface area contributed by atoms with E-state index in [9.17, 15) is 14.4 Å². The number of para-hydroxylation sites is 1. The third kappa shape index (κ3) is 5.12. The number of benzene rings is 2.